The van der Waals surface area contributed by atoms with Crippen molar-refractivity contribution < 1.29 is 4.74 Å². The summed E-state index contributed by atoms with van der Waals surface area (Å²) in [5, 5.41) is 0. The lowest BCUT2D eigenvalue weighted by molar-refractivity contribution is 0.0251. The van der Waals surface area contributed by atoms with Crippen molar-refractivity contribution in [2.75, 3.05) is 6.61 Å². The van der Waals surface area contributed by atoms with Gasteiger partial charge in [-0.1, -0.05) is 77.1 Å². The Morgan fingerprint density at radius 1 is 1.05 bits per heavy atom. The van der Waals surface area contributed by atoms with Crippen LogP contribution in [0.3, 0.4) is 0 Å². The molecule has 1 aliphatic carbocycles. The molecular formula is C17H25Br3OSi. The molecular weight excluding hydrogens is 488 g/mol. The monoisotopic (exact) mass is 510 g/mol. The van der Waals surface area contributed by atoms with Crippen molar-refractivity contribution in [3.8, 4) is 0 Å². The van der Waals surface area contributed by atoms with Crippen LogP contribution in [0.2, 0.25) is 6.04 Å². The maximum atomic E-state index is 6.06. The summed E-state index contributed by atoms with van der Waals surface area (Å²) in [5.41, 5.74) is 2.95. The van der Waals surface area contributed by atoms with Gasteiger partial charge in [-0.05, 0) is 61.6 Å². The van der Waals surface area contributed by atoms with Crippen LogP contribution >= 0.6 is 45.9 Å². The molecule has 2 rings (SSSR count). The number of rotatable bonds is 7. The van der Waals surface area contributed by atoms with Crippen LogP contribution in [0.1, 0.15) is 56.1 Å². The minimum absolute atomic E-state index is 0.475. The lowest BCUT2D eigenvalue weighted by Gasteiger charge is -2.29. The Bertz CT molecular complexity index is 436. The zero-order chi connectivity index (χ0) is 16.0. The molecule has 124 valence electrons. The second-order valence-electron chi connectivity index (χ2n) is 6.16. The zero-order valence-electron chi connectivity index (χ0n) is 13.2. The maximum absolute atomic E-state index is 6.06. The molecule has 0 bridgehead atoms. The molecule has 1 aliphatic rings. The first-order chi connectivity index (χ1) is 10.5. The third-order valence-electron chi connectivity index (χ3n) is 4.49. The van der Waals surface area contributed by atoms with E-state index in [0.29, 0.717) is 6.10 Å². The van der Waals surface area contributed by atoms with E-state index in [2.05, 4.69) is 77.1 Å². The summed E-state index contributed by atoms with van der Waals surface area (Å²) in [4.78, 5) is 0. The molecule has 0 saturated heterocycles. The van der Waals surface area contributed by atoms with Crippen LogP contribution in [0.4, 0.5) is 0 Å². The Hall–Kier alpha value is 0.837. The second-order valence-corrected chi connectivity index (χ2v) is 29.6. The van der Waals surface area contributed by atoms with E-state index in [1.807, 2.05) is 0 Å². The maximum Gasteiger partial charge on any atom is 0.267 e. The minimum atomic E-state index is -1.45. The SMILES string of the molecule is CCc1ccc(C2CCC(OCCC[Si](Br)(Br)Br)CC2)cc1. The molecule has 0 heterocycles. The van der Waals surface area contributed by atoms with E-state index in [9.17, 15) is 0 Å². The molecule has 0 spiro atoms. The Morgan fingerprint density at radius 3 is 2.23 bits per heavy atom. The fourth-order valence-corrected chi connectivity index (χ4v) is 6.18. The van der Waals surface area contributed by atoms with Gasteiger partial charge in [0.1, 0.15) is 0 Å². The summed E-state index contributed by atoms with van der Waals surface area (Å²) in [6.07, 6.45) is 7.67. The zero-order valence-corrected chi connectivity index (χ0v) is 18.9. The van der Waals surface area contributed by atoms with E-state index in [4.69, 9.17) is 4.74 Å². The van der Waals surface area contributed by atoms with Crippen molar-refractivity contribution in [2.24, 2.45) is 0 Å². The third kappa shape index (κ3) is 6.76. The van der Waals surface area contributed by atoms with Crippen LogP contribution in [-0.4, -0.2) is 16.6 Å². The molecule has 0 radical (unpaired) electrons. The van der Waals surface area contributed by atoms with Crippen molar-refractivity contribution in [1.82, 2.24) is 0 Å². The van der Waals surface area contributed by atoms with Crippen molar-refractivity contribution in [3.05, 3.63) is 35.4 Å². The Balaban J connectivity index is 1.69. The highest BCUT2D eigenvalue weighted by Crippen LogP contribution is 2.35. The van der Waals surface area contributed by atoms with Gasteiger partial charge in [0, 0.05) is 6.61 Å². The van der Waals surface area contributed by atoms with Crippen LogP contribution in [0.25, 0.3) is 0 Å². The number of halogens is 3. The molecule has 1 saturated carbocycles. The fourth-order valence-electron chi connectivity index (χ4n) is 3.11. The third-order valence-corrected chi connectivity index (χ3v) is 8.98. The van der Waals surface area contributed by atoms with Gasteiger partial charge >= 0.3 is 0 Å². The summed E-state index contributed by atoms with van der Waals surface area (Å²) in [5.74, 6) is 0.735. The molecule has 0 amide bonds. The van der Waals surface area contributed by atoms with Gasteiger partial charge in [0.05, 0.1) is 6.10 Å². The van der Waals surface area contributed by atoms with Crippen LogP contribution in [0.15, 0.2) is 24.3 Å². The lowest BCUT2D eigenvalue weighted by atomic mass is 9.82. The van der Waals surface area contributed by atoms with Gasteiger partial charge in [-0.15, -0.1) is 0 Å². The Morgan fingerprint density at radius 2 is 1.68 bits per heavy atom. The predicted molar refractivity (Wildman–Crippen MR) is 109 cm³/mol. The van der Waals surface area contributed by atoms with E-state index >= 15 is 0 Å². The highest BCUT2D eigenvalue weighted by atomic mass is 80.0. The highest BCUT2D eigenvalue weighted by molar-refractivity contribution is 9.72. The van der Waals surface area contributed by atoms with E-state index in [1.54, 1.807) is 0 Å². The molecule has 0 aromatic heterocycles. The molecule has 0 unspecified atom stereocenters. The molecule has 22 heavy (non-hydrogen) atoms. The van der Waals surface area contributed by atoms with Crippen molar-refractivity contribution in [3.63, 3.8) is 0 Å². The van der Waals surface area contributed by atoms with Crippen molar-refractivity contribution >= 4 is 49.8 Å². The second kappa shape index (κ2) is 9.35. The first kappa shape index (κ1) is 19.2. The molecule has 0 N–H and O–H groups in total. The molecule has 1 nitrogen and oxygen atoms in total. The van der Waals surface area contributed by atoms with Crippen LogP contribution < -0.4 is 0 Å². The van der Waals surface area contributed by atoms with Crippen molar-refractivity contribution in [1.29, 1.82) is 0 Å². The molecule has 0 atom stereocenters. The van der Waals surface area contributed by atoms with Gasteiger partial charge in [0.2, 0.25) is 0 Å². The minimum Gasteiger partial charge on any atom is -0.378 e. The largest absolute Gasteiger partial charge is 0.378 e. The van der Waals surface area contributed by atoms with Crippen LogP contribution in [0, 0.1) is 0 Å². The quantitative estimate of drug-likeness (QED) is 0.221. The summed E-state index contributed by atoms with van der Waals surface area (Å²) < 4.78 is 4.61. The number of ether oxygens (including phenoxy) is 1. The smallest absolute Gasteiger partial charge is 0.267 e. The Labute approximate surface area is 159 Å². The number of hydrogen-bond acceptors (Lipinski definition) is 1. The van der Waals surface area contributed by atoms with Gasteiger partial charge in [-0.25, -0.2) is 0 Å². The average molecular weight is 513 g/mol. The first-order valence-electron chi connectivity index (χ1n) is 8.25. The summed E-state index contributed by atoms with van der Waals surface area (Å²) in [6.45, 7) is 3.10. The summed E-state index contributed by atoms with van der Waals surface area (Å²) in [6, 6.07) is 10.4. The summed E-state index contributed by atoms with van der Waals surface area (Å²) in [7, 11) is 0. The Kier molecular flexibility index (Phi) is 8.15. The van der Waals surface area contributed by atoms with Gasteiger partial charge in [0.25, 0.3) is 3.93 Å². The standard InChI is InChI=1S/C17H25Br3OSi/c1-2-14-4-6-15(7-5-14)16-8-10-17(11-9-16)21-12-3-13-22(18,19)20/h4-7,16-17H,2-3,8-13H2,1H3. The first-order valence-corrected chi connectivity index (χ1v) is 17.2. The van der Waals surface area contributed by atoms with Gasteiger partial charge in [0.15, 0.2) is 0 Å². The summed E-state index contributed by atoms with van der Waals surface area (Å²) >= 11 is 11.0. The lowest BCUT2D eigenvalue weighted by Crippen LogP contribution is -2.21. The number of aryl methyl sites for hydroxylation is 1. The molecule has 0 aliphatic heterocycles. The predicted octanol–water partition coefficient (Wildman–Crippen LogP) is 6.81. The average Bonchev–Trinajstić information content (AvgIpc) is 2.51. The highest BCUT2D eigenvalue weighted by Gasteiger charge is 2.24. The van der Waals surface area contributed by atoms with Crippen LogP contribution in [-0.2, 0) is 11.2 Å². The van der Waals surface area contributed by atoms with E-state index in [0.717, 1.165) is 31.4 Å². The molecule has 1 aromatic carbocycles. The van der Waals surface area contributed by atoms with Crippen LogP contribution in [0.5, 0.6) is 0 Å². The van der Waals surface area contributed by atoms with E-state index in [1.165, 1.54) is 36.8 Å². The molecule has 1 fully saturated rings. The fraction of sp³-hybridized carbons (Fsp3) is 0.647. The molecule has 1 aromatic rings. The van der Waals surface area contributed by atoms with Gasteiger partial charge in [-0.3, -0.25) is 0 Å². The van der Waals surface area contributed by atoms with Crippen molar-refractivity contribution in [2.45, 2.75) is 63.5 Å². The topological polar surface area (TPSA) is 9.23 Å². The normalized spacial score (nSPS) is 22.7. The van der Waals surface area contributed by atoms with Gasteiger partial charge in [-0.2, -0.15) is 0 Å². The molecule has 5 heteroatoms. The van der Waals surface area contributed by atoms with E-state index in [-0.39, 0.29) is 0 Å². The number of hydrogen-bond donors (Lipinski definition) is 0. The van der Waals surface area contributed by atoms with E-state index < -0.39 is 3.93 Å². The van der Waals surface area contributed by atoms with Gasteiger partial charge < -0.3 is 4.74 Å². The number of benzene rings is 1.